The molecule has 1 amide bonds. The molecular weight excluding hydrogens is 216 g/mol. The summed E-state index contributed by atoms with van der Waals surface area (Å²) in [5.41, 5.74) is 0.779. The van der Waals surface area contributed by atoms with Gasteiger partial charge in [-0.15, -0.1) is 0 Å². The number of carbonyl (C=O) groups excluding carboxylic acids is 1. The molecule has 0 aliphatic rings. The quantitative estimate of drug-likeness (QED) is 0.806. The largest absolute Gasteiger partial charge is 0.481 e. The first-order chi connectivity index (χ1) is 8.18. The minimum atomic E-state index is -0.0714. The van der Waals surface area contributed by atoms with Gasteiger partial charge in [-0.25, -0.2) is 0 Å². The topological polar surface area (TPSA) is 42.4 Å². The number of aromatic nitrogens is 1. The van der Waals surface area contributed by atoms with Gasteiger partial charge in [-0.1, -0.05) is 18.2 Å². The maximum Gasteiger partial charge on any atom is 0.259 e. The average molecular weight is 230 g/mol. The molecule has 0 saturated carbocycles. The van der Waals surface area contributed by atoms with Crippen LogP contribution in [0.3, 0.4) is 0 Å². The van der Waals surface area contributed by atoms with Gasteiger partial charge in [-0.3, -0.25) is 9.78 Å². The van der Waals surface area contributed by atoms with Crippen LogP contribution in [0, 0.1) is 0 Å². The van der Waals surface area contributed by atoms with E-state index in [-0.39, 0.29) is 12.5 Å². The van der Waals surface area contributed by atoms with Crippen molar-refractivity contribution in [3.05, 3.63) is 36.5 Å². The highest BCUT2D eigenvalue weighted by molar-refractivity contribution is 5.85. The first kappa shape index (κ1) is 11.4. The summed E-state index contributed by atoms with van der Waals surface area (Å²) in [5, 5.41) is 1.00. The summed E-state index contributed by atoms with van der Waals surface area (Å²) in [7, 11) is 3.40. The Morgan fingerprint density at radius 1 is 1.29 bits per heavy atom. The molecule has 0 N–H and O–H groups in total. The number of likely N-dealkylation sites (N-methyl/N-ethyl adjacent to an activating group) is 1. The molecule has 1 aromatic carbocycles. The fourth-order valence-electron chi connectivity index (χ4n) is 1.46. The predicted octanol–water partition coefficient (Wildman–Crippen LogP) is 1.70. The van der Waals surface area contributed by atoms with Crippen molar-refractivity contribution in [3.8, 4) is 5.75 Å². The van der Waals surface area contributed by atoms with Gasteiger partial charge in [0.1, 0.15) is 11.3 Å². The smallest absolute Gasteiger partial charge is 0.259 e. The minimum absolute atomic E-state index is 0.0304. The molecule has 88 valence electrons. The lowest BCUT2D eigenvalue weighted by molar-refractivity contribution is -0.130. The molecule has 0 atom stereocenters. The lowest BCUT2D eigenvalue weighted by atomic mass is 10.2. The molecule has 2 aromatic rings. The van der Waals surface area contributed by atoms with Crippen LogP contribution in [-0.4, -0.2) is 36.5 Å². The van der Waals surface area contributed by atoms with Crippen LogP contribution in [0.5, 0.6) is 5.75 Å². The van der Waals surface area contributed by atoms with Crippen LogP contribution in [0.4, 0.5) is 0 Å². The summed E-state index contributed by atoms with van der Waals surface area (Å²) in [6.07, 6.45) is 1.71. The number of pyridine rings is 1. The summed E-state index contributed by atoms with van der Waals surface area (Å²) >= 11 is 0. The summed E-state index contributed by atoms with van der Waals surface area (Å²) in [6.45, 7) is 0.0304. The second kappa shape index (κ2) is 4.82. The monoisotopic (exact) mass is 230 g/mol. The highest BCUT2D eigenvalue weighted by Crippen LogP contribution is 2.22. The number of hydrogen-bond acceptors (Lipinski definition) is 3. The van der Waals surface area contributed by atoms with E-state index in [1.165, 1.54) is 4.90 Å². The third-order valence-electron chi connectivity index (χ3n) is 2.45. The van der Waals surface area contributed by atoms with Crippen molar-refractivity contribution in [3.63, 3.8) is 0 Å². The van der Waals surface area contributed by atoms with Gasteiger partial charge in [-0.05, 0) is 12.1 Å². The van der Waals surface area contributed by atoms with Crippen molar-refractivity contribution in [1.29, 1.82) is 0 Å². The molecule has 0 aliphatic heterocycles. The van der Waals surface area contributed by atoms with Crippen LogP contribution in [-0.2, 0) is 4.79 Å². The fraction of sp³-hybridized carbons (Fsp3) is 0.231. The standard InChI is InChI=1S/C13H14N2O2/c1-15(2)12(16)9-17-11-7-3-5-10-6-4-8-14-13(10)11/h3-8H,9H2,1-2H3. The molecule has 1 heterocycles. The summed E-state index contributed by atoms with van der Waals surface area (Å²) in [4.78, 5) is 17.2. The Hall–Kier alpha value is -2.10. The first-order valence-electron chi connectivity index (χ1n) is 5.35. The number of amides is 1. The normalized spacial score (nSPS) is 10.2. The zero-order valence-electron chi connectivity index (χ0n) is 9.88. The SMILES string of the molecule is CN(C)C(=O)COc1cccc2cccnc12. The predicted molar refractivity (Wildman–Crippen MR) is 65.9 cm³/mol. The van der Waals surface area contributed by atoms with E-state index in [4.69, 9.17) is 4.74 Å². The van der Waals surface area contributed by atoms with E-state index < -0.39 is 0 Å². The van der Waals surface area contributed by atoms with E-state index in [9.17, 15) is 4.79 Å². The lowest BCUT2D eigenvalue weighted by Gasteiger charge is -2.12. The van der Waals surface area contributed by atoms with Crippen LogP contribution in [0.1, 0.15) is 0 Å². The Morgan fingerprint density at radius 3 is 2.82 bits per heavy atom. The van der Waals surface area contributed by atoms with E-state index >= 15 is 0 Å². The Bertz CT molecular complexity index is 532. The molecule has 1 aromatic heterocycles. The Kier molecular flexibility index (Phi) is 3.23. The van der Waals surface area contributed by atoms with E-state index in [2.05, 4.69) is 4.98 Å². The number of nitrogens with zero attached hydrogens (tertiary/aromatic N) is 2. The second-order valence-corrected chi connectivity index (χ2v) is 3.91. The molecule has 4 heteroatoms. The van der Waals surface area contributed by atoms with Crippen LogP contribution in [0.25, 0.3) is 10.9 Å². The molecule has 0 radical (unpaired) electrons. The van der Waals surface area contributed by atoms with Crippen molar-refractivity contribution in [2.75, 3.05) is 20.7 Å². The van der Waals surface area contributed by atoms with Crippen molar-refractivity contribution < 1.29 is 9.53 Å². The Labute approximate surface area is 99.8 Å². The van der Waals surface area contributed by atoms with Gasteiger partial charge in [0.2, 0.25) is 0 Å². The third-order valence-corrected chi connectivity index (χ3v) is 2.45. The number of ether oxygens (including phenoxy) is 1. The van der Waals surface area contributed by atoms with E-state index in [1.54, 1.807) is 20.3 Å². The molecule has 0 unspecified atom stereocenters. The third kappa shape index (κ3) is 2.53. The van der Waals surface area contributed by atoms with Gasteiger partial charge in [0, 0.05) is 25.7 Å². The molecule has 0 saturated heterocycles. The lowest BCUT2D eigenvalue weighted by Crippen LogP contribution is -2.27. The van der Waals surface area contributed by atoms with Crippen molar-refractivity contribution in [1.82, 2.24) is 9.88 Å². The van der Waals surface area contributed by atoms with Gasteiger partial charge in [0.15, 0.2) is 6.61 Å². The van der Waals surface area contributed by atoms with Gasteiger partial charge in [-0.2, -0.15) is 0 Å². The van der Waals surface area contributed by atoms with Crippen molar-refractivity contribution >= 4 is 16.8 Å². The number of rotatable bonds is 3. The van der Waals surface area contributed by atoms with Crippen LogP contribution < -0.4 is 4.74 Å². The average Bonchev–Trinajstić information content (AvgIpc) is 2.35. The van der Waals surface area contributed by atoms with Gasteiger partial charge >= 0.3 is 0 Å². The number of benzene rings is 1. The maximum absolute atomic E-state index is 11.4. The van der Waals surface area contributed by atoms with Crippen LogP contribution in [0.2, 0.25) is 0 Å². The Morgan fingerprint density at radius 2 is 2.06 bits per heavy atom. The molecule has 0 bridgehead atoms. The van der Waals surface area contributed by atoms with E-state index in [0.29, 0.717) is 5.75 Å². The fourth-order valence-corrected chi connectivity index (χ4v) is 1.46. The zero-order chi connectivity index (χ0) is 12.3. The number of hydrogen-bond donors (Lipinski definition) is 0. The second-order valence-electron chi connectivity index (χ2n) is 3.91. The summed E-state index contributed by atoms with van der Waals surface area (Å²) < 4.78 is 5.49. The molecule has 0 spiro atoms. The molecule has 4 nitrogen and oxygen atoms in total. The molecule has 0 fully saturated rings. The first-order valence-corrected chi connectivity index (χ1v) is 5.35. The maximum atomic E-state index is 11.4. The van der Waals surface area contributed by atoms with Gasteiger partial charge < -0.3 is 9.64 Å². The molecule has 17 heavy (non-hydrogen) atoms. The van der Waals surface area contributed by atoms with Crippen LogP contribution >= 0.6 is 0 Å². The van der Waals surface area contributed by atoms with Crippen LogP contribution in [0.15, 0.2) is 36.5 Å². The molecule has 0 aliphatic carbocycles. The number of fused-ring (bicyclic) bond motifs is 1. The summed E-state index contributed by atoms with van der Waals surface area (Å²) in [6, 6.07) is 9.50. The highest BCUT2D eigenvalue weighted by Gasteiger charge is 2.07. The molecule has 2 rings (SSSR count). The number of carbonyl (C=O) groups is 1. The van der Waals surface area contributed by atoms with Crippen molar-refractivity contribution in [2.45, 2.75) is 0 Å². The van der Waals surface area contributed by atoms with Gasteiger partial charge in [0.25, 0.3) is 5.91 Å². The van der Waals surface area contributed by atoms with Gasteiger partial charge in [0.05, 0.1) is 0 Å². The number of para-hydroxylation sites is 1. The minimum Gasteiger partial charge on any atom is -0.481 e. The van der Waals surface area contributed by atoms with E-state index in [1.807, 2.05) is 30.3 Å². The van der Waals surface area contributed by atoms with E-state index in [0.717, 1.165) is 10.9 Å². The Balaban J connectivity index is 2.21. The zero-order valence-corrected chi connectivity index (χ0v) is 9.88. The highest BCUT2D eigenvalue weighted by atomic mass is 16.5. The molecular formula is C13H14N2O2. The van der Waals surface area contributed by atoms with Crippen molar-refractivity contribution in [2.24, 2.45) is 0 Å². The summed E-state index contributed by atoms with van der Waals surface area (Å²) in [5.74, 6) is 0.566.